The van der Waals surface area contributed by atoms with Crippen molar-refractivity contribution in [3.8, 4) is 11.5 Å². The van der Waals surface area contributed by atoms with Crippen LogP contribution in [0.3, 0.4) is 0 Å². The number of hydrogen-bond acceptors (Lipinski definition) is 7. The highest BCUT2D eigenvalue weighted by Gasteiger charge is 2.23. The van der Waals surface area contributed by atoms with Gasteiger partial charge in [0.1, 0.15) is 30.7 Å². The Morgan fingerprint density at radius 1 is 1.16 bits per heavy atom. The molecule has 1 aromatic heterocycles. The van der Waals surface area contributed by atoms with Crippen molar-refractivity contribution in [2.75, 3.05) is 51.8 Å². The number of fused-ring (bicyclic) bond motifs is 1. The number of halogens is 2. The number of nitrogens with zero attached hydrogens (tertiary/aromatic N) is 4. The lowest BCUT2D eigenvalue weighted by Gasteiger charge is -2.33. The van der Waals surface area contributed by atoms with E-state index < -0.39 is 5.82 Å². The number of hydrogen-bond donors (Lipinski definition) is 1. The Morgan fingerprint density at radius 3 is 2.81 bits per heavy atom. The molecule has 0 bridgehead atoms. The molecule has 0 unspecified atom stereocenters. The summed E-state index contributed by atoms with van der Waals surface area (Å²) in [5.74, 6) is 1.15. The van der Waals surface area contributed by atoms with Crippen LogP contribution in [0.15, 0.2) is 36.7 Å². The summed E-state index contributed by atoms with van der Waals surface area (Å²) in [6, 6.07) is 8.07. The zero-order valence-electron chi connectivity index (χ0n) is 20.6. The average molecular weight is 530 g/mol. The van der Waals surface area contributed by atoms with Crippen LogP contribution in [0.5, 0.6) is 11.5 Å². The van der Waals surface area contributed by atoms with E-state index in [0.717, 1.165) is 25.8 Å². The smallest absolute Gasteiger partial charge is 0.319 e. The van der Waals surface area contributed by atoms with Crippen LogP contribution in [0.1, 0.15) is 19.3 Å². The first kappa shape index (κ1) is 25.3. The zero-order chi connectivity index (χ0) is 25.8. The molecule has 9 nitrogen and oxygen atoms in total. The van der Waals surface area contributed by atoms with Crippen molar-refractivity contribution in [2.24, 2.45) is 0 Å². The minimum Gasteiger partial charge on any atom is -0.488 e. The first-order chi connectivity index (χ1) is 18.0. The molecule has 3 heterocycles. The van der Waals surface area contributed by atoms with Crippen molar-refractivity contribution in [1.29, 1.82) is 0 Å². The van der Waals surface area contributed by atoms with Gasteiger partial charge in [-0.25, -0.2) is 19.2 Å². The molecule has 2 saturated heterocycles. The van der Waals surface area contributed by atoms with Gasteiger partial charge in [-0.15, -0.1) is 0 Å². The maximum atomic E-state index is 13.6. The molecule has 2 aliphatic rings. The number of carbonyl (C=O) groups excluding carboxylic acids is 1. The number of amides is 2. The van der Waals surface area contributed by atoms with Crippen LogP contribution in [0.2, 0.25) is 5.02 Å². The minimum atomic E-state index is -0.494. The van der Waals surface area contributed by atoms with Gasteiger partial charge in [0, 0.05) is 50.1 Å². The molecule has 5 rings (SSSR count). The average Bonchev–Trinajstić information content (AvgIpc) is 2.90. The molecular formula is C26H29ClFN5O4. The summed E-state index contributed by atoms with van der Waals surface area (Å²) < 4.78 is 31.6. The van der Waals surface area contributed by atoms with E-state index in [-0.39, 0.29) is 17.2 Å². The molecule has 0 atom stereocenters. The molecule has 2 fully saturated rings. The molecule has 1 N–H and O–H groups in total. The van der Waals surface area contributed by atoms with Crippen molar-refractivity contribution in [1.82, 2.24) is 19.8 Å². The number of nitrogens with one attached hydrogen (secondary N) is 1. The quantitative estimate of drug-likeness (QED) is 0.446. The molecule has 2 aromatic carbocycles. The molecule has 0 radical (unpaired) electrons. The topological polar surface area (TPSA) is 89.1 Å². The highest BCUT2D eigenvalue weighted by Crippen LogP contribution is 2.36. The largest absolute Gasteiger partial charge is 0.488 e. The Bertz CT molecular complexity index is 1270. The monoisotopic (exact) mass is 529 g/mol. The van der Waals surface area contributed by atoms with Gasteiger partial charge in [-0.3, -0.25) is 0 Å². The molecule has 3 aromatic rings. The summed E-state index contributed by atoms with van der Waals surface area (Å²) in [4.78, 5) is 24.7. The molecule has 37 heavy (non-hydrogen) atoms. The van der Waals surface area contributed by atoms with E-state index >= 15 is 0 Å². The Kier molecular flexibility index (Phi) is 7.76. The molecule has 0 saturated carbocycles. The van der Waals surface area contributed by atoms with E-state index in [1.165, 1.54) is 18.5 Å². The Morgan fingerprint density at radius 2 is 2.00 bits per heavy atom. The lowest BCUT2D eigenvalue weighted by molar-refractivity contribution is 0.0242. The standard InChI is InChI=1S/C26H29ClFN5O4/c1-32-7-2-8-33(26(32)34)9-12-36-23-15-22-19(14-24(23)37-18-5-10-35-11-6-18)25(30-16-29-22)31-17-3-4-21(28)20(27)13-17/h3-4,13-16,18H,2,5-12H2,1H3,(H,29,30,31). The Balaban J connectivity index is 1.41. The fourth-order valence-corrected chi connectivity index (χ4v) is 4.64. The normalized spacial score (nSPS) is 16.8. The van der Waals surface area contributed by atoms with Gasteiger partial charge in [-0.1, -0.05) is 11.6 Å². The third kappa shape index (κ3) is 5.97. The molecular weight excluding hydrogens is 501 g/mol. The van der Waals surface area contributed by atoms with E-state index in [4.69, 9.17) is 25.8 Å². The second-order valence-electron chi connectivity index (χ2n) is 9.12. The van der Waals surface area contributed by atoms with Crippen molar-refractivity contribution in [2.45, 2.75) is 25.4 Å². The van der Waals surface area contributed by atoms with Gasteiger partial charge in [0.05, 0.1) is 30.3 Å². The first-order valence-corrected chi connectivity index (χ1v) is 12.7. The molecule has 2 aliphatic heterocycles. The highest BCUT2D eigenvalue weighted by molar-refractivity contribution is 6.31. The molecule has 0 spiro atoms. The second-order valence-corrected chi connectivity index (χ2v) is 9.52. The molecule has 2 amide bonds. The summed E-state index contributed by atoms with van der Waals surface area (Å²) >= 11 is 5.95. The predicted octanol–water partition coefficient (Wildman–Crippen LogP) is 4.86. The van der Waals surface area contributed by atoms with E-state index in [2.05, 4.69) is 15.3 Å². The van der Waals surface area contributed by atoms with Crippen molar-refractivity contribution in [3.05, 3.63) is 47.5 Å². The number of ether oxygens (including phenoxy) is 3. The van der Waals surface area contributed by atoms with Crippen molar-refractivity contribution in [3.63, 3.8) is 0 Å². The lowest BCUT2D eigenvalue weighted by Crippen LogP contribution is -2.48. The van der Waals surface area contributed by atoms with Crippen LogP contribution >= 0.6 is 11.6 Å². The third-order valence-corrected chi connectivity index (χ3v) is 6.77. The van der Waals surface area contributed by atoms with E-state index in [9.17, 15) is 9.18 Å². The number of anilines is 2. The van der Waals surface area contributed by atoms with Gasteiger partial charge < -0.3 is 29.3 Å². The third-order valence-electron chi connectivity index (χ3n) is 6.48. The summed E-state index contributed by atoms with van der Waals surface area (Å²) in [7, 11) is 1.81. The predicted molar refractivity (Wildman–Crippen MR) is 138 cm³/mol. The SMILES string of the molecule is CN1CCCN(CCOc2cc3ncnc(Nc4ccc(F)c(Cl)c4)c3cc2OC2CCOCC2)C1=O. The number of carbonyl (C=O) groups is 1. The van der Waals surface area contributed by atoms with Crippen LogP contribution in [-0.2, 0) is 4.74 Å². The van der Waals surface area contributed by atoms with Crippen LogP contribution in [0.4, 0.5) is 20.7 Å². The number of urea groups is 1. The zero-order valence-corrected chi connectivity index (χ0v) is 21.3. The lowest BCUT2D eigenvalue weighted by atomic mass is 10.1. The van der Waals surface area contributed by atoms with Gasteiger partial charge in [0.15, 0.2) is 11.5 Å². The van der Waals surface area contributed by atoms with Gasteiger partial charge >= 0.3 is 6.03 Å². The van der Waals surface area contributed by atoms with Crippen LogP contribution < -0.4 is 14.8 Å². The Labute approximate surface area is 219 Å². The number of rotatable bonds is 8. The Hall–Kier alpha value is -3.37. The molecule has 0 aliphatic carbocycles. The maximum absolute atomic E-state index is 13.6. The van der Waals surface area contributed by atoms with Crippen LogP contribution in [-0.4, -0.2) is 78.4 Å². The van der Waals surface area contributed by atoms with Gasteiger partial charge in [-0.2, -0.15) is 0 Å². The van der Waals surface area contributed by atoms with E-state index in [1.54, 1.807) is 15.9 Å². The van der Waals surface area contributed by atoms with Crippen LogP contribution in [0.25, 0.3) is 10.9 Å². The fourth-order valence-electron chi connectivity index (χ4n) is 4.46. The van der Waals surface area contributed by atoms with Gasteiger partial charge in [-0.05, 0) is 30.7 Å². The number of benzene rings is 2. The molecule has 196 valence electrons. The second kappa shape index (κ2) is 11.4. The highest BCUT2D eigenvalue weighted by atomic mass is 35.5. The number of aromatic nitrogens is 2. The first-order valence-electron chi connectivity index (χ1n) is 12.4. The minimum absolute atomic E-state index is 0.0106. The van der Waals surface area contributed by atoms with E-state index in [0.29, 0.717) is 66.8 Å². The fraction of sp³-hybridized carbons (Fsp3) is 0.423. The van der Waals surface area contributed by atoms with E-state index in [1.807, 2.05) is 19.2 Å². The summed E-state index contributed by atoms with van der Waals surface area (Å²) in [6.45, 7) is 3.55. The van der Waals surface area contributed by atoms with Crippen LogP contribution in [0, 0.1) is 5.82 Å². The van der Waals surface area contributed by atoms with Crippen molar-refractivity contribution >= 4 is 40.0 Å². The van der Waals surface area contributed by atoms with Crippen molar-refractivity contribution < 1.29 is 23.4 Å². The summed E-state index contributed by atoms with van der Waals surface area (Å²) in [5, 5.41) is 3.92. The molecule has 11 heteroatoms. The summed E-state index contributed by atoms with van der Waals surface area (Å²) in [6.07, 6.45) is 3.92. The summed E-state index contributed by atoms with van der Waals surface area (Å²) in [5.41, 5.74) is 1.24. The van der Waals surface area contributed by atoms with Gasteiger partial charge in [0.2, 0.25) is 0 Å². The van der Waals surface area contributed by atoms with Gasteiger partial charge in [0.25, 0.3) is 0 Å². The maximum Gasteiger partial charge on any atom is 0.319 e.